The molecule has 6 rings (SSSR count). The maximum atomic E-state index is 12.9. The van der Waals surface area contributed by atoms with Crippen molar-refractivity contribution in [2.45, 2.75) is 13.1 Å². The van der Waals surface area contributed by atoms with Crippen molar-refractivity contribution in [1.29, 1.82) is 0 Å². The highest BCUT2D eigenvalue weighted by Crippen LogP contribution is 2.33. The van der Waals surface area contributed by atoms with Gasteiger partial charge >= 0.3 is 0 Å². The Morgan fingerprint density at radius 3 is 2.14 bits per heavy atom. The molecule has 0 unspecified atom stereocenters. The molecule has 0 saturated carbocycles. The number of amides is 1. The van der Waals surface area contributed by atoms with Gasteiger partial charge in [0.1, 0.15) is 0 Å². The molecular formula is C30H28N4OS. The summed E-state index contributed by atoms with van der Waals surface area (Å²) in [4.78, 5) is 22.7. The first kappa shape index (κ1) is 22.8. The van der Waals surface area contributed by atoms with Gasteiger partial charge in [0.2, 0.25) is 0 Å². The molecule has 36 heavy (non-hydrogen) atoms. The average Bonchev–Trinajstić information content (AvgIpc) is 3.46. The van der Waals surface area contributed by atoms with Crippen molar-refractivity contribution in [3.63, 3.8) is 0 Å². The van der Waals surface area contributed by atoms with Gasteiger partial charge in [-0.05, 0) is 35.0 Å². The van der Waals surface area contributed by atoms with Gasteiger partial charge < -0.3 is 9.47 Å². The minimum absolute atomic E-state index is 0.137. The van der Waals surface area contributed by atoms with Gasteiger partial charge in [-0.3, -0.25) is 9.69 Å². The molecule has 2 aliphatic rings. The molecule has 0 N–H and O–H groups in total. The first-order chi connectivity index (χ1) is 17.7. The van der Waals surface area contributed by atoms with Crippen LogP contribution in [0.3, 0.4) is 0 Å². The maximum absolute atomic E-state index is 12.9. The summed E-state index contributed by atoms with van der Waals surface area (Å²) in [6, 6.07) is 29.4. The van der Waals surface area contributed by atoms with Gasteiger partial charge in [-0.25, -0.2) is 0 Å². The third kappa shape index (κ3) is 4.87. The molecule has 1 amide bonds. The quantitative estimate of drug-likeness (QED) is 0.346. The van der Waals surface area contributed by atoms with Crippen LogP contribution < -0.4 is 0 Å². The van der Waals surface area contributed by atoms with E-state index in [0.29, 0.717) is 4.91 Å². The number of aliphatic imine (C=N–C) groups is 1. The van der Waals surface area contributed by atoms with Crippen LogP contribution in [-0.4, -0.2) is 51.6 Å². The molecule has 0 aliphatic carbocycles. The van der Waals surface area contributed by atoms with E-state index in [1.54, 1.807) is 0 Å². The number of amidine groups is 1. The molecule has 1 aromatic heterocycles. The summed E-state index contributed by atoms with van der Waals surface area (Å²) >= 11 is 1.51. The number of benzene rings is 3. The number of thioether (sulfide) groups is 1. The van der Waals surface area contributed by atoms with Crippen LogP contribution in [0.15, 0.2) is 101 Å². The molecule has 6 heteroatoms. The van der Waals surface area contributed by atoms with Crippen molar-refractivity contribution in [2.75, 3.05) is 26.2 Å². The molecule has 180 valence electrons. The van der Waals surface area contributed by atoms with Crippen LogP contribution in [0.25, 0.3) is 17.0 Å². The van der Waals surface area contributed by atoms with E-state index < -0.39 is 0 Å². The van der Waals surface area contributed by atoms with E-state index in [4.69, 9.17) is 0 Å². The number of carbonyl (C=O) groups is 1. The summed E-state index contributed by atoms with van der Waals surface area (Å²) in [5.41, 5.74) is 4.81. The van der Waals surface area contributed by atoms with Gasteiger partial charge in [-0.15, -0.1) is 0 Å². The number of fused-ring (bicyclic) bond motifs is 1. The van der Waals surface area contributed by atoms with Crippen LogP contribution in [-0.2, 0) is 17.9 Å². The fraction of sp³-hybridized carbons (Fsp3) is 0.200. The first-order valence-corrected chi connectivity index (χ1v) is 13.2. The molecule has 3 aromatic carbocycles. The molecule has 1 fully saturated rings. The topological polar surface area (TPSA) is 40.8 Å². The molecule has 2 aliphatic heterocycles. The molecule has 0 spiro atoms. The van der Waals surface area contributed by atoms with Crippen molar-refractivity contribution < 1.29 is 4.79 Å². The summed E-state index contributed by atoms with van der Waals surface area (Å²) in [5, 5.41) is 1.98. The van der Waals surface area contributed by atoms with Crippen molar-refractivity contribution in [1.82, 2.24) is 14.4 Å². The second-order valence-electron chi connectivity index (χ2n) is 9.27. The van der Waals surface area contributed by atoms with Crippen molar-refractivity contribution in [3.05, 3.63) is 113 Å². The fourth-order valence-corrected chi connectivity index (χ4v) is 5.87. The van der Waals surface area contributed by atoms with Crippen LogP contribution in [0, 0.1) is 0 Å². The molecule has 0 bridgehead atoms. The number of rotatable bonds is 5. The van der Waals surface area contributed by atoms with E-state index in [1.165, 1.54) is 28.4 Å². The van der Waals surface area contributed by atoms with Gasteiger partial charge in [0, 0.05) is 61.9 Å². The predicted molar refractivity (Wildman–Crippen MR) is 149 cm³/mol. The third-order valence-corrected chi connectivity index (χ3v) is 7.85. The molecule has 5 nitrogen and oxygen atoms in total. The lowest BCUT2D eigenvalue weighted by Crippen LogP contribution is -2.47. The van der Waals surface area contributed by atoms with E-state index >= 15 is 0 Å². The van der Waals surface area contributed by atoms with Gasteiger partial charge in [-0.2, -0.15) is 4.99 Å². The second-order valence-corrected chi connectivity index (χ2v) is 10.3. The SMILES string of the molecule is O=C1N=C(N2CCN(Cc3ccccc3)CC2)S/C1=C/c1cn(Cc2ccccc2)c2ccccc12. The first-order valence-electron chi connectivity index (χ1n) is 12.4. The highest BCUT2D eigenvalue weighted by Gasteiger charge is 2.28. The largest absolute Gasteiger partial charge is 0.348 e. The Morgan fingerprint density at radius 2 is 1.42 bits per heavy atom. The highest BCUT2D eigenvalue weighted by molar-refractivity contribution is 8.18. The molecule has 1 saturated heterocycles. The lowest BCUT2D eigenvalue weighted by molar-refractivity contribution is -0.113. The molecule has 0 atom stereocenters. The Labute approximate surface area is 215 Å². The van der Waals surface area contributed by atoms with Gasteiger partial charge in [-0.1, -0.05) is 78.9 Å². The number of hydrogen-bond acceptors (Lipinski definition) is 4. The number of para-hydroxylation sites is 1. The van der Waals surface area contributed by atoms with E-state index in [2.05, 4.69) is 104 Å². The number of carbonyl (C=O) groups excluding carboxylic acids is 1. The Kier molecular flexibility index (Phi) is 6.45. The van der Waals surface area contributed by atoms with E-state index in [-0.39, 0.29) is 5.91 Å². The zero-order valence-electron chi connectivity index (χ0n) is 20.1. The minimum atomic E-state index is -0.137. The number of piperazine rings is 1. The minimum Gasteiger partial charge on any atom is -0.348 e. The smallest absolute Gasteiger partial charge is 0.286 e. The normalized spacial score (nSPS) is 17.8. The van der Waals surface area contributed by atoms with Crippen molar-refractivity contribution in [3.8, 4) is 0 Å². The lowest BCUT2D eigenvalue weighted by atomic mass is 10.1. The summed E-state index contributed by atoms with van der Waals surface area (Å²) in [5.74, 6) is -0.137. The standard InChI is InChI=1S/C30H28N4OS/c35-29-28(36-30(31-29)33-17-15-32(16-18-33)20-23-9-3-1-4-10-23)19-25-22-34(21-24-11-5-2-6-12-24)27-14-8-7-13-26(25)27/h1-14,19,22H,15-18,20-21H2/b28-19+. The molecular weight excluding hydrogens is 464 g/mol. The number of hydrogen-bond donors (Lipinski definition) is 0. The van der Waals surface area contributed by atoms with Gasteiger partial charge in [0.05, 0.1) is 4.91 Å². The van der Waals surface area contributed by atoms with Gasteiger partial charge in [0.15, 0.2) is 5.17 Å². The van der Waals surface area contributed by atoms with E-state index in [1.807, 2.05) is 12.1 Å². The highest BCUT2D eigenvalue weighted by atomic mass is 32.2. The monoisotopic (exact) mass is 492 g/mol. The van der Waals surface area contributed by atoms with Crippen molar-refractivity contribution >= 4 is 39.8 Å². The Hall–Kier alpha value is -3.61. The van der Waals surface area contributed by atoms with Crippen LogP contribution in [0.5, 0.6) is 0 Å². The average molecular weight is 493 g/mol. The molecule has 0 radical (unpaired) electrons. The van der Waals surface area contributed by atoms with Crippen LogP contribution in [0.1, 0.15) is 16.7 Å². The fourth-order valence-electron chi connectivity index (χ4n) is 4.91. The maximum Gasteiger partial charge on any atom is 0.286 e. The van der Waals surface area contributed by atoms with Crippen LogP contribution in [0.4, 0.5) is 0 Å². The molecule has 4 aromatic rings. The number of nitrogens with zero attached hydrogens (tertiary/aromatic N) is 4. The van der Waals surface area contributed by atoms with Crippen LogP contribution >= 0.6 is 11.8 Å². The second kappa shape index (κ2) is 10.2. The summed E-state index contributed by atoms with van der Waals surface area (Å²) in [6.07, 6.45) is 4.16. The molecule has 3 heterocycles. The van der Waals surface area contributed by atoms with E-state index in [9.17, 15) is 4.79 Å². The van der Waals surface area contributed by atoms with Crippen LogP contribution in [0.2, 0.25) is 0 Å². The van der Waals surface area contributed by atoms with E-state index in [0.717, 1.165) is 55.4 Å². The predicted octanol–water partition coefficient (Wildman–Crippen LogP) is 5.48. The third-order valence-electron chi connectivity index (χ3n) is 6.80. The Balaban J connectivity index is 1.16. The Morgan fingerprint density at radius 1 is 0.778 bits per heavy atom. The zero-order valence-corrected chi connectivity index (χ0v) is 20.9. The summed E-state index contributed by atoms with van der Waals surface area (Å²) < 4.78 is 2.26. The van der Waals surface area contributed by atoms with Crippen molar-refractivity contribution in [2.24, 2.45) is 4.99 Å². The Bertz CT molecular complexity index is 1430. The lowest BCUT2D eigenvalue weighted by Gasteiger charge is -2.35. The zero-order chi connectivity index (χ0) is 24.3. The summed E-state index contributed by atoms with van der Waals surface area (Å²) in [6.45, 7) is 5.46. The number of aromatic nitrogens is 1. The van der Waals surface area contributed by atoms with Gasteiger partial charge in [0.25, 0.3) is 5.91 Å². The summed E-state index contributed by atoms with van der Waals surface area (Å²) in [7, 11) is 0.